The van der Waals surface area contributed by atoms with Gasteiger partial charge in [0.2, 0.25) is 0 Å². The summed E-state index contributed by atoms with van der Waals surface area (Å²) in [5.74, 6) is 0. The van der Waals surface area contributed by atoms with E-state index in [0.717, 1.165) is 66.2 Å². The van der Waals surface area contributed by atoms with Crippen LogP contribution in [-0.4, -0.2) is 0 Å². The summed E-state index contributed by atoms with van der Waals surface area (Å²) in [4.78, 5) is 5.26. The van der Waals surface area contributed by atoms with Crippen molar-refractivity contribution >= 4 is 34.1 Å². The zero-order valence-electron chi connectivity index (χ0n) is 80.8. The van der Waals surface area contributed by atoms with Gasteiger partial charge in [-0.1, -0.05) is 458 Å². The SMILES string of the molecule is CCC1(CC)c2ccccc2-c2c(-c3ccccc3N(c3ccc4c(c3)C(c3ccccc3)(c3cccc(CCC5(CC)c6ccccc6-c6c(-c7ccccc7N(c7ccc8c(c7)C(C)(c7ccccc7)c7ccccc7-8)c7ccc8c(c7)C(c7ccccc7)(c7ccccc7)c7ccccc7-8)cccc65)c3)c3ccccc3-4)c3ccc4c(c3)C3(c5ccccc5-c5ccccc53)c3ccccc3-4)cccc21. The lowest BCUT2D eigenvalue weighted by Gasteiger charge is -2.36. The molecule has 0 aliphatic heterocycles. The van der Waals surface area contributed by atoms with Crippen molar-refractivity contribution in [3.05, 3.63) is 609 Å². The van der Waals surface area contributed by atoms with Crippen LogP contribution >= 0.6 is 0 Å². The number of hydrogen-bond donors (Lipinski definition) is 0. The van der Waals surface area contributed by atoms with Crippen molar-refractivity contribution in [1.82, 2.24) is 0 Å². The first-order valence-electron chi connectivity index (χ1n) is 51.4. The van der Waals surface area contributed by atoms with E-state index >= 15 is 0 Å². The van der Waals surface area contributed by atoms with Gasteiger partial charge in [0, 0.05) is 50.1 Å². The Kier molecular flexibility index (Phi) is 19.1. The molecule has 0 radical (unpaired) electrons. The zero-order valence-corrected chi connectivity index (χ0v) is 80.8. The van der Waals surface area contributed by atoms with E-state index < -0.39 is 21.7 Å². The minimum absolute atomic E-state index is 0.121. The minimum Gasteiger partial charge on any atom is -0.310 e. The Hall–Kier alpha value is -16.8. The number of anilines is 6. The first-order valence-corrected chi connectivity index (χ1v) is 51.4. The number of fused-ring (bicyclic) bond motifs is 25. The average molecular weight is 1830 g/mol. The van der Waals surface area contributed by atoms with Gasteiger partial charge in [-0.25, -0.2) is 0 Å². The Morgan fingerprint density at radius 1 is 0.175 bits per heavy atom. The molecule has 2 heteroatoms. The van der Waals surface area contributed by atoms with Crippen molar-refractivity contribution in [3.8, 4) is 100 Å². The van der Waals surface area contributed by atoms with Crippen LogP contribution in [0.4, 0.5) is 34.1 Å². The summed E-state index contributed by atoms with van der Waals surface area (Å²) in [6.07, 6.45) is 4.63. The summed E-state index contributed by atoms with van der Waals surface area (Å²) < 4.78 is 0. The van der Waals surface area contributed by atoms with Gasteiger partial charge in [0.25, 0.3) is 0 Å². The lowest BCUT2D eigenvalue weighted by molar-refractivity contribution is 0.467. The zero-order chi connectivity index (χ0) is 95.1. The molecule has 3 atom stereocenters. The fourth-order valence-electron chi connectivity index (χ4n) is 28.6. The van der Waals surface area contributed by atoms with Gasteiger partial charge in [0.1, 0.15) is 0 Å². The number of hydrogen-bond acceptors (Lipinski definition) is 2. The van der Waals surface area contributed by atoms with Crippen LogP contribution in [0, 0.1) is 0 Å². The topological polar surface area (TPSA) is 6.48 Å². The van der Waals surface area contributed by atoms with E-state index in [1.165, 1.54) is 211 Å². The Labute approximate surface area is 839 Å². The van der Waals surface area contributed by atoms with E-state index in [1.54, 1.807) is 0 Å². The second kappa shape index (κ2) is 32.4. The van der Waals surface area contributed by atoms with Crippen molar-refractivity contribution < 1.29 is 0 Å². The fourth-order valence-corrected chi connectivity index (χ4v) is 28.6. The van der Waals surface area contributed by atoms with Crippen LogP contribution in [0.3, 0.4) is 0 Å². The molecular weight excluding hydrogens is 1720 g/mol. The summed E-state index contributed by atoms with van der Waals surface area (Å²) in [5.41, 5.74) is 52.6. The van der Waals surface area contributed by atoms with E-state index in [9.17, 15) is 0 Å². The van der Waals surface area contributed by atoms with Gasteiger partial charge in [-0.3, -0.25) is 0 Å². The van der Waals surface area contributed by atoms with Crippen molar-refractivity contribution in [2.45, 2.75) is 92.3 Å². The highest BCUT2D eigenvalue weighted by molar-refractivity contribution is 6.04. The Morgan fingerprint density at radius 3 is 0.846 bits per heavy atom. The summed E-state index contributed by atoms with van der Waals surface area (Å²) in [6.45, 7) is 9.68. The normalized spacial score (nSPS) is 16.9. The first kappa shape index (κ1) is 84.3. The molecule has 678 valence electrons. The third-order valence-corrected chi connectivity index (χ3v) is 34.8. The minimum atomic E-state index is -0.770. The monoisotopic (exact) mass is 1820 g/mol. The summed E-state index contributed by atoms with van der Waals surface area (Å²) in [7, 11) is 0. The van der Waals surface area contributed by atoms with E-state index in [1.807, 2.05) is 0 Å². The molecule has 1 spiro atoms. The van der Waals surface area contributed by atoms with Crippen molar-refractivity contribution in [2.24, 2.45) is 0 Å². The Bertz CT molecular complexity index is 8670. The largest absolute Gasteiger partial charge is 0.310 e. The van der Waals surface area contributed by atoms with Crippen LogP contribution in [0.15, 0.2) is 497 Å². The number of para-hydroxylation sites is 2. The predicted octanol–water partition coefficient (Wildman–Crippen LogP) is 35.8. The van der Waals surface area contributed by atoms with Crippen LogP contribution < -0.4 is 9.80 Å². The third kappa shape index (κ3) is 11.6. The number of rotatable bonds is 19. The molecule has 0 saturated heterocycles. The molecule has 0 amide bonds. The maximum atomic E-state index is 2.65. The molecule has 0 bridgehead atoms. The van der Waals surface area contributed by atoms with Gasteiger partial charge in [0.05, 0.1) is 27.6 Å². The molecule has 0 fully saturated rings. The van der Waals surface area contributed by atoms with Gasteiger partial charge in [-0.05, 0) is 300 Å². The summed E-state index contributed by atoms with van der Waals surface area (Å²) >= 11 is 0. The summed E-state index contributed by atoms with van der Waals surface area (Å²) in [5, 5.41) is 0. The van der Waals surface area contributed by atoms with Gasteiger partial charge >= 0.3 is 0 Å². The number of benzene rings is 21. The average Bonchev–Trinajstić information content (AvgIpc) is 1.49. The highest BCUT2D eigenvalue weighted by Crippen LogP contribution is 2.68. The van der Waals surface area contributed by atoms with Crippen molar-refractivity contribution in [3.63, 3.8) is 0 Å². The molecule has 7 aliphatic rings. The molecule has 28 rings (SSSR count). The van der Waals surface area contributed by atoms with Gasteiger partial charge in [-0.15, -0.1) is 0 Å². The Balaban J connectivity index is 0.603. The van der Waals surface area contributed by atoms with Crippen LogP contribution in [0.2, 0.25) is 0 Å². The lowest BCUT2D eigenvalue weighted by atomic mass is 9.67. The highest BCUT2D eigenvalue weighted by Gasteiger charge is 2.55. The first-order chi connectivity index (χ1) is 70.7. The number of aryl methyl sites for hydroxylation is 1. The van der Waals surface area contributed by atoms with Gasteiger partial charge < -0.3 is 9.80 Å². The van der Waals surface area contributed by atoms with Crippen LogP contribution in [-0.2, 0) is 38.9 Å². The Morgan fingerprint density at radius 2 is 0.441 bits per heavy atom. The van der Waals surface area contributed by atoms with Crippen molar-refractivity contribution in [2.75, 3.05) is 9.80 Å². The molecule has 3 unspecified atom stereocenters. The quantitative estimate of drug-likeness (QED) is 0.0796. The predicted molar refractivity (Wildman–Crippen MR) is 593 cm³/mol. The third-order valence-electron chi connectivity index (χ3n) is 34.8. The summed E-state index contributed by atoms with van der Waals surface area (Å²) in [6, 6.07) is 192. The molecule has 0 saturated carbocycles. The molecule has 2 nitrogen and oxygen atoms in total. The lowest BCUT2D eigenvalue weighted by Crippen LogP contribution is -2.29. The molecule has 0 N–H and O–H groups in total. The molecule has 7 aliphatic carbocycles. The molecule has 21 aromatic rings. The maximum absolute atomic E-state index is 2.65. The molecular formula is C141H104N2. The van der Waals surface area contributed by atoms with Gasteiger partial charge in [-0.2, -0.15) is 0 Å². The van der Waals surface area contributed by atoms with Gasteiger partial charge in [0.15, 0.2) is 0 Å². The smallest absolute Gasteiger partial charge is 0.0726 e. The molecule has 143 heavy (non-hydrogen) atoms. The van der Waals surface area contributed by atoms with Crippen LogP contribution in [0.1, 0.15) is 165 Å². The van der Waals surface area contributed by atoms with E-state index in [2.05, 4.69) is 535 Å². The van der Waals surface area contributed by atoms with Crippen molar-refractivity contribution in [1.29, 1.82) is 0 Å². The molecule has 0 heterocycles. The number of nitrogens with zero attached hydrogens (tertiary/aromatic N) is 2. The molecule has 0 aromatic heterocycles. The highest BCUT2D eigenvalue weighted by atomic mass is 15.2. The fraction of sp³-hybridized carbons (Fsp3) is 0.106. The second-order valence-electron chi connectivity index (χ2n) is 40.7. The van der Waals surface area contributed by atoms with E-state index in [-0.39, 0.29) is 10.8 Å². The molecule has 21 aromatic carbocycles. The van der Waals surface area contributed by atoms with Crippen LogP contribution in [0.25, 0.3) is 100 Å². The standard InChI is InChI=1S/C141H104N2/c1-5-137(6-2)119-66-31-26-61-116(119)134-114(63-41-73-126(134)137)112-59-28-39-76-133(112)143(101-80-84-111-107-58-25-37-72-125(107)141(131(111)91-101)123-70-35-23-54-103(123)104-55-24-36-71-124(104)141)100-79-83-110-106-57-22-34-69-122(106)140(130(110)90-100,96-50-18-11-19-51-96)97-52-40-43-92(87-97)85-86-138(7-3)120-67-32-27-62-117(120)135-115(64-42-74-127(135)138)113-60-29-38-75-132(113)142(98-77-81-108-102-53-20-30-65-118(102)136(4,128(108)88-98)93-44-12-8-13-45-93)99-78-82-109-105-56-21-33-68-121(105)139(129(109)89-99,94-46-14-9-15-47-94)95-48-16-10-17-49-95/h8-84,87-91H,5-7,85-86H2,1-4H3. The van der Waals surface area contributed by atoms with Crippen LogP contribution in [0.5, 0.6) is 0 Å². The van der Waals surface area contributed by atoms with E-state index in [4.69, 9.17) is 0 Å². The van der Waals surface area contributed by atoms with E-state index in [0.29, 0.717) is 0 Å². The maximum Gasteiger partial charge on any atom is 0.0726 e. The second-order valence-corrected chi connectivity index (χ2v) is 40.7.